The lowest BCUT2D eigenvalue weighted by Gasteiger charge is -2.06. The maximum atomic E-state index is 6.48. The van der Waals surface area contributed by atoms with Gasteiger partial charge < -0.3 is 4.42 Å². The standard InChI is InChI=1S/C26H22NO/c1-17-12-13-20-22-15-18(2)21(19-9-5-4-6-10-19)16-24(22)28-26(20)25(17)23-11-7-8-14-27(23)3/h4-16H,1-3H3/q+1. The molecule has 0 unspecified atom stereocenters. The van der Waals surface area contributed by atoms with E-state index in [1.807, 2.05) is 12.1 Å². The van der Waals surface area contributed by atoms with Gasteiger partial charge in [0, 0.05) is 22.9 Å². The second-order valence-corrected chi connectivity index (χ2v) is 7.46. The lowest BCUT2D eigenvalue weighted by atomic mass is 9.97. The first-order chi connectivity index (χ1) is 13.6. The summed E-state index contributed by atoms with van der Waals surface area (Å²) in [7, 11) is 2.08. The van der Waals surface area contributed by atoms with E-state index in [2.05, 4.69) is 92.3 Å². The number of aryl methyl sites for hydroxylation is 3. The molecule has 0 bridgehead atoms. The van der Waals surface area contributed by atoms with Crippen LogP contribution in [0.5, 0.6) is 0 Å². The van der Waals surface area contributed by atoms with E-state index in [4.69, 9.17) is 4.42 Å². The van der Waals surface area contributed by atoms with Crippen molar-refractivity contribution in [2.24, 2.45) is 7.05 Å². The molecule has 0 saturated carbocycles. The first kappa shape index (κ1) is 16.8. The molecule has 0 aliphatic heterocycles. The van der Waals surface area contributed by atoms with Crippen molar-refractivity contribution >= 4 is 21.9 Å². The Balaban J connectivity index is 1.84. The summed E-state index contributed by atoms with van der Waals surface area (Å²) >= 11 is 0. The summed E-state index contributed by atoms with van der Waals surface area (Å²) in [5, 5.41) is 2.34. The Labute approximate surface area is 164 Å². The van der Waals surface area contributed by atoms with Gasteiger partial charge in [-0.2, -0.15) is 0 Å². The highest BCUT2D eigenvalue weighted by atomic mass is 16.3. The number of aromatic nitrogens is 1. The average molecular weight is 364 g/mol. The van der Waals surface area contributed by atoms with Crippen LogP contribution in [-0.4, -0.2) is 0 Å². The molecule has 5 aromatic rings. The van der Waals surface area contributed by atoms with Gasteiger partial charge in [0.1, 0.15) is 18.2 Å². The van der Waals surface area contributed by atoms with Gasteiger partial charge in [0.15, 0.2) is 6.20 Å². The number of furan rings is 1. The minimum Gasteiger partial charge on any atom is -0.455 e. The Morgan fingerprint density at radius 3 is 2.32 bits per heavy atom. The number of hydrogen-bond donors (Lipinski definition) is 0. The molecular formula is C26H22NO+. The molecule has 2 nitrogen and oxygen atoms in total. The highest BCUT2D eigenvalue weighted by Crippen LogP contribution is 2.39. The molecule has 2 heterocycles. The highest BCUT2D eigenvalue weighted by Gasteiger charge is 2.20. The predicted molar refractivity (Wildman–Crippen MR) is 115 cm³/mol. The molecule has 0 aliphatic carbocycles. The third-order valence-electron chi connectivity index (χ3n) is 5.59. The van der Waals surface area contributed by atoms with Crippen LogP contribution in [0.25, 0.3) is 44.3 Å². The van der Waals surface area contributed by atoms with Crippen LogP contribution in [0.4, 0.5) is 0 Å². The van der Waals surface area contributed by atoms with E-state index in [9.17, 15) is 0 Å². The molecule has 2 heteroatoms. The summed E-state index contributed by atoms with van der Waals surface area (Å²) in [4.78, 5) is 0. The lowest BCUT2D eigenvalue weighted by molar-refractivity contribution is -0.660. The molecule has 0 saturated heterocycles. The summed E-state index contributed by atoms with van der Waals surface area (Å²) in [6.07, 6.45) is 2.08. The van der Waals surface area contributed by atoms with Crippen LogP contribution in [0.1, 0.15) is 11.1 Å². The van der Waals surface area contributed by atoms with E-state index in [0.717, 1.165) is 22.4 Å². The van der Waals surface area contributed by atoms with Crippen LogP contribution in [0.15, 0.2) is 83.4 Å². The van der Waals surface area contributed by atoms with Crippen molar-refractivity contribution in [1.82, 2.24) is 0 Å². The molecule has 0 N–H and O–H groups in total. The van der Waals surface area contributed by atoms with Crippen molar-refractivity contribution in [3.63, 3.8) is 0 Å². The molecule has 3 aromatic carbocycles. The van der Waals surface area contributed by atoms with Crippen molar-refractivity contribution < 1.29 is 8.98 Å². The zero-order chi connectivity index (χ0) is 19.3. The van der Waals surface area contributed by atoms with Gasteiger partial charge in [-0.15, -0.1) is 0 Å². The van der Waals surface area contributed by atoms with Crippen molar-refractivity contribution in [2.75, 3.05) is 0 Å². The largest absolute Gasteiger partial charge is 0.455 e. The van der Waals surface area contributed by atoms with E-state index < -0.39 is 0 Å². The summed E-state index contributed by atoms with van der Waals surface area (Å²) in [5.74, 6) is 0. The molecule has 0 fully saturated rings. The molecular weight excluding hydrogens is 342 g/mol. The van der Waals surface area contributed by atoms with Gasteiger partial charge in [-0.25, -0.2) is 4.57 Å². The van der Waals surface area contributed by atoms with Gasteiger partial charge in [0.05, 0.1) is 5.56 Å². The van der Waals surface area contributed by atoms with Gasteiger partial charge in [-0.05, 0) is 54.3 Å². The third-order valence-corrected chi connectivity index (χ3v) is 5.59. The topological polar surface area (TPSA) is 17.0 Å². The quantitative estimate of drug-likeness (QED) is 0.333. The fraction of sp³-hybridized carbons (Fsp3) is 0.115. The molecule has 136 valence electrons. The number of hydrogen-bond acceptors (Lipinski definition) is 1. The van der Waals surface area contributed by atoms with Crippen LogP contribution >= 0.6 is 0 Å². The first-order valence-corrected chi connectivity index (χ1v) is 9.60. The van der Waals surface area contributed by atoms with Crippen molar-refractivity contribution in [1.29, 1.82) is 0 Å². The number of nitrogens with zero attached hydrogens (tertiary/aromatic N) is 1. The zero-order valence-electron chi connectivity index (χ0n) is 16.4. The molecule has 0 spiro atoms. The Morgan fingerprint density at radius 1 is 0.750 bits per heavy atom. The van der Waals surface area contributed by atoms with Crippen molar-refractivity contribution in [3.8, 4) is 22.4 Å². The molecule has 5 rings (SSSR count). The van der Waals surface area contributed by atoms with E-state index >= 15 is 0 Å². The van der Waals surface area contributed by atoms with E-state index in [1.165, 1.54) is 33.0 Å². The Bertz CT molecular complexity index is 1330. The van der Waals surface area contributed by atoms with Crippen molar-refractivity contribution in [2.45, 2.75) is 13.8 Å². The molecule has 0 aliphatic rings. The monoisotopic (exact) mass is 364 g/mol. The molecule has 28 heavy (non-hydrogen) atoms. The Kier molecular flexibility index (Phi) is 3.80. The normalized spacial score (nSPS) is 11.4. The minimum absolute atomic E-state index is 0.935. The predicted octanol–water partition coefficient (Wildman–Crippen LogP) is 6.36. The summed E-state index contributed by atoms with van der Waals surface area (Å²) < 4.78 is 8.63. The maximum Gasteiger partial charge on any atom is 0.216 e. The Morgan fingerprint density at radius 2 is 1.54 bits per heavy atom. The van der Waals surface area contributed by atoms with Crippen LogP contribution in [0.2, 0.25) is 0 Å². The maximum absolute atomic E-state index is 6.48. The fourth-order valence-corrected chi connectivity index (χ4v) is 4.12. The summed E-state index contributed by atoms with van der Waals surface area (Å²) in [6, 6.07) is 25.6. The van der Waals surface area contributed by atoms with Gasteiger partial charge in [-0.3, -0.25) is 0 Å². The van der Waals surface area contributed by atoms with Crippen LogP contribution in [-0.2, 0) is 7.05 Å². The molecule has 0 atom stereocenters. The zero-order valence-corrected chi connectivity index (χ0v) is 16.4. The summed E-state index contributed by atoms with van der Waals surface area (Å²) in [5.41, 5.74) is 9.12. The molecule has 2 aromatic heterocycles. The smallest absolute Gasteiger partial charge is 0.216 e. The fourth-order valence-electron chi connectivity index (χ4n) is 4.12. The van der Waals surface area contributed by atoms with E-state index in [1.54, 1.807) is 0 Å². The van der Waals surface area contributed by atoms with Crippen LogP contribution in [0, 0.1) is 13.8 Å². The van der Waals surface area contributed by atoms with E-state index in [0.29, 0.717) is 0 Å². The minimum atomic E-state index is 0.935. The number of fused-ring (bicyclic) bond motifs is 3. The van der Waals surface area contributed by atoms with Crippen LogP contribution in [0.3, 0.4) is 0 Å². The number of rotatable bonds is 2. The molecule has 0 radical (unpaired) electrons. The number of pyridine rings is 1. The SMILES string of the molecule is Cc1cc2c(cc1-c1ccccc1)oc1c(-c3cccc[n+]3C)c(C)ccc12. The first-order valence-electron chi connectivity index (χ1n) is 9.60. The lowest BCUT2D eigenvalue weighted by Crippen LogP contribution is -2.30. The van der Waals surface area contributed by atoms with Crippen molar-refractivity contribution in [3.05, 3.63) is 90.1 Å². The second-order valence-electron chi connectivity index (χ2n) is 7.46. The van der Waals surface area contributed by atoms with E-state index in [-0.39, 0.29) is 0 Å². The van der Waals surface area contributed by atoms with Gasteiger partial charge in [-0.1, -0.05) is 42.5 Å². The molecule has 0 amide bonds. The third kappa shape index (κ3) is 2.53. The Hall–Kier alpha value is -3.39. The summed E-state index contributed by atoms with van der Waals surface area (Å²) in [6.45, 7) is 4.32. The van der Waals surface area contributed by atoms with Gasteiger partial charge >= 0.3 is 0 Å². The van der Waals surface area contributed by atoms with Crippen LogP contribution < -0.4 is 4.57 Å². The number of benzene rings is 3. The van der Waals surface area contributed by atoms with Gasteiger partial charge in [0.2, 0.25) is 5.69 Å². The highest BCUT2D eigenvalue weighted by molar-refractivity contribution is 6.10. The van der Waals surface area contributed by atoms with Gasteiger partial charge in [0.25, 0.3) is 0 Å². The second kappa shape index (κ2) is 6.35. The average Bonchev–Trinajstić information content (AvgIpc) is 3.06.